The van der Waals surface area contributed by atoms with E-state index in [2.05, 4.69) is 76.4 Å². The van der Waals surface area contributed by atoms with Gasteiger partial charge in [0.2, 0.25) is 0 Å². The lowest BCUT2D eigenvalue weighted by atomic mass is 9.64. The molecule has 2 N–H and O–H groups in total. The van der Waals surface area contributed by atoms with Crippen LogP contribution in [-0.4, -0.2) is 29.6 Å². The second kappa shape index (κ2) is 9.34. The first-order valence-electron chi connectivity index (χ1n) is 13.9. The van der Waals surface area contributed by atoms with Crippen LogP contribution in [0, 0.1) is 28.6 Å². The van der Waals surface area contributed by atoms with Gasteiger partial charge in [-0.3, -0.25) is 0 Å². The molecule has 1 spiro atoms. The van der Waals surface area contributed by atoms with Crippen molar-refractivity contribution in [3.8, 4) is 0 Å². The third kappa shape index (κ3) is 5.49. The van der Waals surface area contributed by atoms with Gasteiger partial charge >= 0.3 is 0 Å². The molecule has 0 aromatic heterocycles. The number of likely N-dealkylation sites (tertiary alicyclic amines) is 1. The number of allylic oxidation sites excluding steroid dienone is 1. The fraction of sp³-hybridized carbons (Fsp3) is 0.800. The van der Waals surface area contributed by atoms with E-state index in [1.165, 1.54) is 69.2 Å². The number of rotatable bonds is 9. The van der Waals surface area contributed by atoms with E-state index in [1.807, 2.05) is 0 Å². The van der Waals surface area contributed by atoms with Gasteiger partial charge in [0.15, 0.2) is 0 Å². The summed E-state index contributed by atoms with van der Waals surface area (Å²) in [5.74, 6) is 2.33. The van der Waals surface area contributed by atoms with Gasteiger partial charge in [-0.2, -0.15) is 0 Å². The van der Waals surface area contributed by atoms with E-state index in [-0.39, 0.29) is 11.5 Å². The predicted octanol–water partition coefficient (Wildman–Crippen LogP) is 6.99. The molecule has 4 fully saturated rings. The van der Waals surface area contributed by atoms with Crippen LogP contribution in [0.25, 0.3) is 0 Å². The average Bonchev–Trinajstić information content (AvgIpc) is 3.25. The highest BCUT2D eigenvalue weighted by Gasteiger charge is 2.48. The molecule has 4 aliphatic rings. The maximum atomic E-state index is 4.66. The second-order valence-corrected chi connectivity index (χ2v) is 13.5. The first-order valence-corrected chi connectivity index (χ1v) is 13.9. The number of hydrogen-bond acceptors (Lipinski definition) is 3. The summed E-state index contributed by atoms with van der Waals surface area (Å²) in [6.07, 6.45) is 14.5. The highest BCUT2D eigenvalue weighted by atomic mass is 15.2. The molecule has 33 heavy (non-hydrogen) atoms. The quantitative estimate of drug-likeness (QED) is 0.394. The van der Waals surface area contributed by atoms with Gasteiger partial charge in [0.1, 0.15) is 0 Å². The van der Waals surface area contributed by atoms with E-state index in [9.17, 15) is 0 Å². The van der Waals surface area contributed by atoms with Crippen molar-refractivity contribution in [3.63, 3.8) is 0 Å². The molecule has 3 heteroatoms. The summed E-state index contributed by atoms with van der Waals surface area (Å²) >= 11 is 0. The molecule has 1 saturated heterocycles. The normalized spacial score (nSPS) is 33.4. The minimum absolute atomic E-state index is 0.0979. The van der Waals surface area contributed by atoms with Crippen LogP contribution >= 0.6 is 0 Å². The first kappa shape index (κ1) is 24.7. The number of nitrogens with one attached hydrogen (secondary N) is 2. The molecule has 186 valence electrons. The minimum atomic E-state index is 0.0979. The zero-order chi connectivity index (χ0) is 24.0. The maximum Gasteiger partial charge on any atom is 0.0698 e. The number of hydrogen-bond donors (Lipinski definition) is 2. The molecule has 0 radical (unpaired) electrons. The molecule has 0 bridgehead atoms. The maximum absolute atomic E-state index is 4.66. The van der Waals surface area contributed by atoms with Gasteiger partial charge in [-0.1, -0.05) is 61.1 Å². The van der Waals surface area contributed by atoms with Crippen molar-refractivity contribution in [1.82, 2.24) is 15.5 Å². The lowest BCUT2D eigenvalue weighted by Gasteiger charge is -2.48. The third-order valence-electron chi connectivity index (χ3n) is 9.05. The van der Waals surface area contributed by atoms with Crippen molar-refractivity contribution in [2.24, 2.45) is 28.6 Å². The van der Waals surface area contributed by atoms with Crippen LogP contribution in [0.5, 0.6) is 0 Å². The minimum Gasteiger partial charge on any atom is -0.384 e. The Kier molecular flexibility index (Phi) is 7.00. The molecule has 3 nitrogen and oxygen atoms in total. The van der Waals surface area contributed by atoms with E-state index < -0.39 is 0 Å². The molecule has 1 aliphatic heterocycles. The van der Waals surface area contributed by atoms with Crippen molar-refractivity contribution >= 4 is 0 Å². The second-order valence-electron chi connectivity index (χ2n) is 13.5. The fourth-order valence-corrected chi connectivity index (χ4v) is 7.15. The van der Waals surface area contributed by atoms with Gasteiger partial charge in [0.25, 0.3) is 0 Å². The summed E-state index contributed by atoms with van der Waals surface area (Å²) in [4.78, 5) is 2.56. The predicted molar refractivity (Wildman–Crippen MR) is 142 cm³/mol. The molecule has 1 unspecified atom stereocenters. The van der Waals surface area contributed by atoms with Crippen LogP contribution in [0.4, 0.5) is 0 Å². The van der Waals surface area contributed by atoms with Crippen molar-refractivity contribution in [3.05, 3.63) is 36.3 Å². The molecular weight excluding hydrogens is 402 g/mol. The van der Waals surface area contributed by atoms with Gasteiger partial charge in [-0.05, 0) is 91.7 Å². The summed E-state index contributed by atoms with van der Waals surface area (Å²) in [6.45, 7) is 24.4. The van der Waals surface area contributed by atoms with E-state index in [4.69, 9.17) is 0 Å². The smallest absolute Gasteiger partial charge is 0.0698 e. The Balaban J connectivity index is 1.38. The Bertz CT molecular complexity index is 756. The molecule has 1 heterocycles. The van der Waals surface area contributed by atoms with E-state index in [1.54, 1.807) is 5.57 Å². The fourth-order valence-electron chi connectivity index (χ4n) is 7.15. The largest absolute Gasteiger partial charge is 0.384 e. The van der Waals surface area contributed by atoms with Gasteiger partial charge in [0.05, 0.1) is 12.1 Å². The molecule has 0 aromatic rings. The van der Waals surface area contributed by atoms with Gasteiger partial charge in [-0.25, -0.2) is 0 Å². The van der Waals surface area contributed by atoms with Crippen molar-refractivity contribution in [1.29, 1.82) is 0 Å². The summed E-state index contributed by atoms with van der Waals surface area (Å²) in [7, 11) is 0. The van der Waals surface area contributed by atoms with Crippen molar-refractivity contribution in [2.75, 3.05) is 6.54 Å². The van der Waals surface area contributed by atoms with Crippen LogP contribution in [-0.2, 0) is 0 Å². The van der Waals surface area contributed by atoms with Crippen molar-refractivity contribution in [2.45, 2.75) is 117 Å². The summed E-state index contributed by atoms with van der Waals surface area (Å²) in [5.41, 5.74) is 4.79. The first-order chi connectivity index (χ1) is 15.5. The Morgan fingerprint density at radius 1 is 1.06 bits per heavy atom. The Morgan fingerprint density at radius 2 is 1.76 bits per heavy atom. The van der Waals surface area contributed by atoms with Gasteiger partial charge < -0.3 is 15.5 Å². The van der Waals surface area contributed by atoms with Gasteiger partial charge in [-0.15, -0.1) is 0 Å². The monoisotopic (exact) mass is 453 g/mol. The van der Waals surface area contributed by atoms with E-state index in [0.29, 0.717) is 23.4 Å². The SMILES string of the molecule is C=C(NC1CC2(CCC(C)C2)C1)[C@@H]1CCCN1C(=C)[C@@H](N/C=C(\C(C)C)C1CC1)C(C)(C)C. The summed E-state index contributed by atoms with van der Waals surface area (Å²) in [6, 6.07) is 1.23. The molecule has 4 rings (SSSR count). The molecule has 3 aliphatic carbocycles. The van der Waals surface area contributed by atoms with Gasteiger partial charge in [0, 0.05) is 24.0 Å². The highest BCUT2D eigenvalue weighted by molar-refractivity contribution is 5.22. The molecule has 0 aromatic carbocycles. The number of nitrogens with zero attached hydrogens (tertiary/aromatic N) is 1. The highest BCUT2D eigenvalue weighted by Crippen LogP contribution is 2.55. The van der Waals surface area contributed by atoms with E-state index >= 15 is 0 Å². The standard InChI is InChI=1S/C30H51N3/c1-20(2)26(24-11-12-24)19-31-28(29(6,7)8)23(5)33-15-9-10-27(33)22(4)32-25-17-30(18-25)14-13-21(3)16-30/h19-21,24-25,27-28,31-32H,4-5,9-18H2,1-3,6-8H3/b26-19+/t21?,25?,27-,28+,30?/m0/s1. The van der Waals surface area contributed by atoms with Crippen LogP contribution in [0.1, 0.15) is 99.3 Å². The Hall–Kier alpha value is -1.38. The van der Waals surface area contributed by atoms with E-state index in [0.717, 1.165) is 18.4 Å². The summed E-state index contributed by atoms with van der Waals surface area (Å²) in [5, 5.41) is 7.71. The Morgan fingerprint density at radius 3 is 2.30 bits per heavy atom. The lowest BCUT2D eigenvalue weighted by Crippen LogP contribution is -2.51. The van der Waals surface area contributed by atoms with Crippen molar-refractivity contribution < 1.29 is 0 Å². The van der Waals surface area contributed by atoms with Crippen LogP contribution in [0.2, 0.25) is 0 Å². The van der Waals surface area contributed by atoms with Crippen LogP contribution in [0.15, 0.2) is 36.3 Å². The third-order valence-corrected chi connectivity index (χ3v) is 9.05. The molecular formula is C30H51N3. The topological polar surface area (TPSA) is 27.3 Å². The molecule has 0 amide bonds. The van der Waals surface area contributed by atoms with Crippen LogP contribution in [0.3, 0.4) is 0 Å². The zero-order valence-electron chi connectivity index (χ0n) is 22.5. The lowest BCUT2D eigenvalue weighted by molar-refractivity contribution is 0.0888. The Labute approximate surface area is 204 Å². The molecule has 3 saturated carbocycles. The zero-order valence-corrected chi connectivity index (χ0v) is 22.5. The molecule has 3 atom stereocenters. The summed E-state index contributed by atoms with van der Waals surface area (Å²) < 4.78 is 0. The average molecular weight is 454 g/mol. The van der Waals surface area contributed by atoms with Crippen LogP contribution < -0.4 is 10.6 Å².